The summed E-state index contributed by atoms with van der Waals surface area (Å²) in [5, 5.41) is 11.4. The molecule has 2 aromatic rings. The first-order chi connectivity index (χ1) is 22.1. The van der Waals surface area contributed by atoms with Gasteiger partial charge in [0.1, 0.15) is 0 Å². The van der Waals surface area contributed by atoms with Crippen molar-refractivity contribution in [1.29, 1.82) is 0 Å². The van der Waals surface area contributed by atoms with Crippen LogP contribution in [0, 0.1) is 17.8 Å². The quantitative estimate of drug-likeness (QED) is 0.199. The van der Waals surface area contributed by atoms with Gasteiger partial charge in [-0.15, -0.1) is 23.2 Å². The number of carbonyl (C=O) groups is 4. The molecule has 0 aromatic heterocycles. The normalized spacial score (nSPS) is 32.3. The number of imide groups is 2. The molecule has 10 nitrogen and oxygen atoms in total. The molecule has 13 heteroatoms. The Bertz CT molecular complexity index is 1660. The smallest absolute Gasteiger partial charge is 0.254 e. The van der Waals surface area contributed by atoms with Crippen molar-refractivity contribution in [2.45, 2.75) is 35.4 Å². The number of halogens is 3. The Morgan fingerprint density at radius 3 is 2.35 bits per heavy atom. The maximum absolute atomic E-state index is 14.3. The highest BCUT2D eigenvalue weighted by Gasteiger charge is 2.76. The SMILES string of the molecule is CCOc1cccc([C@H]2C3=CC[C@@H]4C(=O)N(c5ccc(N6CCOCC6)cc5)C(=O)[C@@H]4[C@@H]3C[C@@]3(Cl)C(=O)N(CBr)C(=O)[C@@]23Cl)c1O. The van der Waals surface area contributed by atoms with Crippen LogP contribution >= 0.6 is 39.1 Å². The van der Waals surface area contributed by atoms with Gasteiger partial charge in [0, 0.05) is 30.3 Å². The van der Waals surface area contributed by atoms with E-state index < -0.39 is 51.1 Å². The van der Waals surface area contributed by atoms with Gasteiger partial charge in [-0.1, -0.05) is 39.7 Å². The van der Waals surface area contributed by atoms with Crippen molar-refractivity contribution in [3.05, 3.63) is 59.7 Å². The number of morpholine rings is 1. The highest BCUT2D eigenvalue weighted by molar-refractivity contribution is 9.09. The number of alkyl halides is 3. The number of phenolic OH excluding ortho intramolecular Hbond substituents is 1. The van der Waals surface area contributed by atoms with Crippen LogP contribution < -0.4 is 14.5 Å². The third kappa shape index (κ3) is 4.31. The molecular formula is C33H32BrCl2N3O7. The average Bonchev–Trinajstić information content (AvgIpc) is 3.40. The Balaban J connectivity index is 1.31. The van der Waals surface area contributed by atoms with Crippen LogP contribution in [0.4, 0.5) is 11.4 Å². The van der Waals surface area contributed by atoms with E-state index in [4.69, 9.17) is 32.7 Å². The van der Waals surface area contributed by atoms with E-state index in [-0.39, 0.29) is 47.9 Å². The predicted molar refractivity (Wildman–Crippen MR) is 175 cm³/mol. The van der Waals surface area contributed by atoms with Gasteiger partial charge < -0.3 is 19.5 Å². The second-order valence-electron chi connectivity index (χ2n) is 12.2. The Labute approximate surface area is 284 Å². The highest BCUT2D eigenvalue weighted by atomic mass is 79.9. The summed E-state index contributed by atoms with van der Waals surface area (Å²) in [4.78, 5) is 56.5. The topological polar surface area (TPSA) is 117 Å². The fourth-order valence-corrected chi connectivity index (χ4v) is 9.45. The van der Waals surface area contributed by atoms with Gasteiger partial charge in [-0.05, 0) is 56.0 Å². The lowest BCUT2D eigenvalue weighted by atomic mass is 9.56. The molecule has 242 valence electrons. The van der Waals surface area contributed by atoms with Gasteiger partial charge in [0.25, 0.3) is 11.8 Å². The van der Waals surface area contributed by atoms with Gasteiger partial charge in [0.2, 0.25) is 11.8 Å². The molecule has 46 heavy (non-hydrogen) atoms. The number of likely N-dealkylation sites (tertiary alicyclic amines) is 1. The van der Waals surface area contributed by atoms with E-state index >= 15 is 0 Å². The maximum Gasteiger partial charge on any atom is 0.254 e. The molecule has 3 aliphatic heterocycles. The summed E-state index contributed by atoms with van der Waals surface area (Å²) >= 11 is 17.8. The van der Waals surface area contributed by atoms with Crippen molar-refractivity contribution in [2.75, 3.05) is 48.2 Å². The summed E-state index contributed by atoms with van der Waals surface area (Å²) in [5.41, 5.74) is 2.15. The summed E-state index contributed by atoms with van der Waals surface area (Å²) in [6.45, 7) is 4.82. The van der Waals surface area contributed by atoms with Crippen LogP contribution in [-0.2, 0) is 23.9 Å². The number of hydrogen-bond acceptors (Lipinski definition) is 8. The molecule has 1 saturated carbocycles. The molecule has 4 amide bonds. The fraction of sp³-hybridized carbons (Fsp3) is 0.455. The molecular weight excluding hydrogens is 701 g/mol. The van der Waals surface area contributed by atoms with Crippen molar-refractivity contribution in [2.24, 2.45) is 17.8 Å². The Morgan fingerprint density at radius 2 is 1.67 bits per heavy atom. The van der Waals surface area contributed by atoms with E-state index in [1.54, 1.807) is 37.3 Å². The summed E-state index contributed by atoms with van der Waals surface area (Å²) < 4.78 is 11.1. The number of benzene rings is 2. The molecule has 0 spiro atoms. The number of amides is 4. The van der Waals surface area contributed by atoms with Gasteiger partial charge in [-0.2, -0.15) is 0 Å². The van der Waals surface area contributed by atoms with Crippen molar-refractivity contribution in [3.63, 3.8) is 0 Å². The first-order valence-electron chi connectivity index (χ1n) is 15.3. The summed E-state index contributed by atoms with van der Waals surface area (Å²) in [6, 6.07) is 12.2. The van der Waals surface area contributed by atoms with Gasteiger partial charge in [0.15, 0.2) is 21.2 Å². The van der Waals surface area contributed by atoms with Crippen LogP contribution in [0.15, 0.2) is 54.1 Å². The van der Waals surface area contributed by atoms with Gasteiger partial charge >= 0.3 is 0 Å². The summed E-state index contributed by atoms with van der Waals surface area (Å²) in [6.07, 6.45) is 1.93. The number of fused-ring (bicyclic) bond motifs is 4. The van der Waals surface area contributed by atoms with E-state index in [9.17, 15) is 24.3 Å². The van der Waals surface area contributed by atoms with Crippen LogP contribution in [0.25, 0.3) is 0 Å². The minimum atomic E-state index is -2.02. The summed E-state index contributed by atoms with van der Waals surface area (Å²) in [5.74, 6) is -5.48. The molecule has 0 unspecified atom stereocenters. The van der Waals surface area contributed by atoms with Crippen LogP contribution in [0.3, 0.4) is 0 Å². The molecule has 5 aliphatic rings. The molecule has 6 atom stereocenters. The Kier molecular flexibility index (Phi) is 7.90. The molecule has 0 radical (unpaired) electrons. The lowest BCUT2D eigenvalue weighted by Crippen LogP contribution is -2.60. The first kappa shape index (κ1) is 31.5. The first-order valence-corrected chi connectivity index (χ1v) is 17.2. The van der Waals surface area contributed by atoms with Gasteiger partial charge in [-0.25, -0.2) is 0 Å². The monoisotopic (exact) mass is 731 g/mol. The zero-order chi connectivity index (χ0) is 32.5. The van der Waals surface area contributed by atoms with E-state index in [0.29, 0.717) is 24.5 Å². The zero-order valence-electron chi connectivity index (χ0n) is 25.0. The van der Waals surface area contributed by atoms with Gasteiger partial charge in [-0.3, -0.25) is 29.0 Å². The third-order valence-corrected chi connectivity index (χ3v) is 12.1. The summed E-state index contributed by atoms with van der Waals surface area (Å²) in [7, 11) is 0. The van der Waals surface area contributed by atoms with E-state index in [1.165, 1.54) is 4.90 Å². The fourth-order valence-electron chi connectivity index (χ4n) is 8.03. The molecule has 2 aromatic carbocycles. The average molecular weight is 733 g/mol. The molecule has 2 aliphatic carbocycles. The van der Waals surface area contributed by atoms with Crippen molar-refractivity contribution < 1.29 is 33.8 Å². The van der Waals surface area contributed by atoms with Crippen molar-refractivity contribution >= 4 is 74.1 Å². The second kappa shape index (κ2) is 11.5. The minimum absolute atomic E-state index is 0.132. The predicted octanol–water partition coefficient (Wildman–Crippen LogP) is 4.54. The van der Waals surface area contributed by atoms with Gasteiger partial charge in [0.05, 0.1) is 42.8 Å². The van der Waals surface area contributed by atoms with E-state index in [1.807, 2.05) is 18.2 Å². The number of hydrogen-bond donors (Lipinski definition) is 1. The number of allylic oxidation sites excluding steroid dienone is 2. The number of carbonyl (C=O) groups excluding carboxylic acids is 4. The standard InChI is InChI=1S/C33H32BrCl2N3O7/c1-2-46-24-5-3-4-22(27(24)40)26-20-10-11-21-25(23(20)16-32(35)30(43)38(17-34)31(44)33(26,32)36)29(42)39(28(21)41)19-8-6-18(7-9-19)37-12-14-45-15-13-37/h3-10,21,23,25-26,40H,2,11-17H2,1H3/t21-,23+,25-,26+,32+,33-/m0/s1. The molecule has 1 N–H and O–H groups in total. The molecule has 0 bridgehead atoms. The molecule has 3 saturated heterocycles. The molecule has 3 heterocycles. The highest BCUT2D eigenvalue weighted by Crippen LogP contribution is 2.66. The number of ether oxygens (including phenoxy) is 2. The lowest BCUT2D eigenvalue weighted by Gasteiger charge is -2.50. The van der Waals surface area contributed by atoms with Crippen LogP contribution in [0.1, 0.15) is 31.2 Å². The zero-order valence-corrected chi connectivity index (χ0v) is 28.1. The largest absolute Gasteiger partial charge is 0.504 e. The number of aromatic hydroxyl groups is 1. The van der Waals surface area contributed by atoms with E-state index in [2.05, 4.69) is 20.8 Å². The molecule has 4 fully saturated rings. The number of nitrogens with zero attached hydrogens (tertiary/aromatic N) is 3. The minimum Gasteiger partial charge on any atom is -0.504 e. The van der Waals surface area contributed by atoms with E-state index in [0.717, 1.165) is 23.7 Å². The maximum atomic E-state index is 14.3. The Morgan fingerprint density at radius 1 is 0.978 bits per heavy atom. The van der Waals surface area contributed by atoms with Crippen LogP contribution in [0.2, 0.25) is 0 Å². The third-order valence-electron chi connectivity index (χ3n) is 10.1. The van der Waals surface area contributed by atoms with Crippen LogP contribution in [-0.4, -0.2) is 81.7 Å². The second-order valence-corrected chi connectivity index (χ2v) is 14.0. The van der Waals surface area contributed by atoms with Crippen molar-refractivity contribution in [3.8, 4) is 11.5 Å². The lowest BCUT2D eigenvalue weighted by molar-refractivity contribution is -0.138. The number of rotatable bonds is 6. The molecule has 7 rings (SSSR count). The number of phenols is 1. The van der Waals surface area contributed by atoms with Crippen molar-refractivity contribution in [1.82, 2.24) is 4.90 Å². The Hall–Kier alpha value is -3.12. The number of anilines is 2. The number of para-hydroxylation sites is 1. The van der Waals surface area contributed by atoms with Crippen LogP contribution in [0.5, 0.6) is 11.5 Å².